The molecule has 2 aliphatic rings. The van der Waals surface area contributed by atoms with Gasteiger partial charge in [-0.1, -0.05) is 102 Å². The van der Waals surface area contributed by atoms with Gasteiger partial charge >= 0.3 is 0 Å². The fourth-order valence-electron chi connectivity index (χ4n) is 3.44. The Hall–Kier alpha value is -3.24. The summed E-state index contributed by atoms with van der Waals surface area (Å²) >= 11 is 0. The zero-order valence-corrected chi connectivity index (χ0v) is 23.0. The Morgan fingerprint density at radius 1 is 0.771 bits per heavy atom. The van der Waals surface area contributed by atoms with Gasteiger partial charge in [-0.2, -0.15) is 0 Å². The van der Waals surface area contributed by atoms with Gasteiger partial charge in [0.05, 0.1) is 5.82 Å². The second-order valence-electron chi connectivity index (χ2n) is 7.43. The lowest BCUT2D eigenvalue weighted by atomic mass is 9.96. The summed E-state index contributed by atoms with van der Waals surface area (Å²) in [6, 6.07) is 14.8. The first-order chi connectivity index (χ1) is 17.0. The molecule has 1 heterocycles. The van der Waals surface area contributed by atoms with Gasteiger partial charge in [-0.05, 0) is 65.9 Å². The molecule has 0 fully saturated rings. The number of hydrogen-bond acceptors (Lipinski definition) is 4. The van der Waals surface area contributed by atoms with Gasteiger partial charge in [0, 0.05) is 18.8 Å². The molecular weight excluding hydrogens is 428 g/mol. The Kier molecular flexibility index (Phi) is 17.3. The highest BCUT2D eigenvalue weighted by molar-refractivity contribution is 5.67. The molecule has 4 heteroatoms. The van der Waals surface area contributed by atoms with Crippen LogP contribution in [0.2, 0.25) is 0 Å². The fraction of sp³-hybridized carbons (Fsp3) is 0.355. The number of nitrogens with zero attached hydrogens (tertiary/aromatic N) is 1. The number of rotatable bonds is 2. The highest BCUT2D eigenvalue weighted by Crippen LogP contribution is 2.21. The lowest BCUT2D eigenvalue weighted by Gasteiger charge is -2.25. The maximum Gasteiger partial charge on any atom is 0.0934 e. The lowest BCUT2D eigenvalue weighted by Crippen LogP contribution is -2.26. The molecule has 2 aromatic carbocycles. The van der Waals surface area contributed by atoms with Gasteiger partial charge < -0.3 is 22.1 Å². The first-order valence-electron chi connectivity index (χ1n) is 12.9. The van der Waals surface area contributed by atoms with Crippen molar-refractivity contribution in [1.82, 2.24) is 4.90 Å². The van der Waals surface area contributed by atoms with Gasteiger partial charge in [-0.25, -0.2) is 0 Å². The van der Waals surface area contributed by atoms with Crippen LogP contribution in [0.25, 0.3) is 17.8 Å². The van der Waals surface area contributed by atoms with Crippen LogP contribution in [0, 0.1) is 0 Å². The van der Waals surface area contributed by atoms with Crippen LogP contribution in [0.4, 0.5) is 0 Å². The monoisotopic (exact) mass is 476 g/mol. The van der Waals surface area contributed by atoms with E-state index in [1.807, 2.05) is 41.5 Å². The van der Waals surface area contributed by atoms with Crippen molar-refractivity contribution in [2.75, 3.05) is 13.6 Å². The summed E-state index contributed by atoms with van der Waals surface area (Å²) in [5, 5.41) is 0. The van der Waals surface area contributed by atoms with Gasteiger partial charge in [0.2, 0.25) is 0 Å². The molecule has 0 bridgehead atoms. The minimum Gasteiger partial charge on any atom is -0.398 e. The van der Waals surface area contributed by atoms with Gasteiger partial charge in [0.1, 0.15) is 0 Å². The van der Waals surface area contributed by atoms with Crippen molar-refractivity contribution in [1.29, 1.82) is 0 Å². The van der Waals surface area contributed by atoms with Crippen molar-refractivity contribution >= 4 is 17.8 Å². The van der Waals surface area contributed by atoms with Crippen LogP contribution in [0.15, 0.2) is 72.6 Å². The van der Waals surface area contributed by atoms with E-state index >= 15 is 0 Å². The molecule has 0 spiro atoms. The van der Waals surface area contributed by atoms with Crippen LogP contribution in [0.3, 0.4) is 0 Å². The SMILES string of the molecule is C1=Cc2ccccc2C=CC1.CC.CC.CC.CN1CCc2ccc(/C(N)=C/C=C(N)N)cc2C1. The lowest BCUT2D eigenvalue weighted by molar-refractivity contribution is 0.313. The zero-order valence-electron chi connectivity index (χ0n) is 23.0. The van der Waals surface area contributed by atoms with E-state index in [4.69, 9.17) is 17.2 Å². The normalized spacial score (nSPS) is 13.3. The molecule has 6 N–H and O–H groups in total. The topological polar surface area (TPSA) is 81.3 Å². The van der Waals surface area contributed by atoms with Crippen LogP contribution in [-0.4, -0.2) is 18.5 Å². The summed E-state index contributed by atoms with van der Waals surface area (Å²) in [6.45, 7) is 14.1. The summed E-state index contributed by atoms with van der Waals surface area (Å²) in [5.74, 6) is 0.260. The van der Waals surface area contributed by atoms with Gasteiger partial charge in [0.25, 0.3) is 0 Å². The van der Waals surface area contributed by atoms with Crippen molar-refractivity contribution in [2.24, 2.45) is 17.2 Å². The fourth-order valence-corrected chi connectivity index (χ4v) is 3.44. The minimum absolute atomic E-state index is 0.260. The predicted octanol–water partition coefficient (Wildman–Crippen LogP) is 6.93. The molecule has 2 aromatic rings. The van der Waals surface area contributed by atoms with E-state index < -0.39 is 0 Å². The highest BCUT2D eigenvalue weighted by Gasteiger charge is 2.13. The van der Waals surface area contributed by atoms with Crippen LogP contribution in [0.5, 0.6) is 0 Å². The third-order valence-electron chi connectivity index (χ3n) is 5.06. The molecule has 1 aliphatic carbocycles. The van der Waals surface area contributed by atoms with Crippen LogP contribution in [0.1, 0.15) is 75.8 Å². The molecule has 192 valence electrons. The quantitative estimate of drug-likeness (QED) is 0.411. The summed E-state index contributed by atoms with van der Waals surface area (Å²) < 4.78 is 0. The molecular formula is C31H48N4. The second kappa shape index (κ2) is 19.1. The van der Waals surface area contributed by atoms with Crippen molar-refractivity contribution < 1.29 is 0 Å². The van der Waals surface area contributed by atoms with Crippen molar-refractivity contribution in [2.45, 2.75) is 60.9 Å². The number of benzene rings is 2. The Morgan fingerprint density at radius 2 is 1.34 bits per heavy atom. The number of allylic oxidation sites excluding steroid dienone is 4. The number of fused-ring (bicyclic) bond motifs is 2. The molecule has 4 nitrogen and oxygen atoms in total. The van der Waals surface area contributed by atoms with E-state index in [0.29, 0.717) is 5.70 Å². The number of nitrogens with two attached hydrogens (primary N) is 3. The van der Waals surface area contributed by atoms with Crippen molar-refractivity contribution in [3.05, 3.63) is 100 Å². The smallest absolute Gasteiger partial charge is 0.0934 e. The third kappa shape index (κ3) is 11.6. The van der Waals surface area contributed by atoms with E-state index in [-0.39, 0.29) is 5.82 Å². The van der Waals surface area contributed by atoms with E-state index in [9.17, 15) is 0 Å². The second-order valence-corrected chi connectivity index (χ2v) is 7.43. The predicted molar refractivity (Wildman–Crippen MR) is 158 cm³/mol. The van der Waals surface area contributed by atoms with Gasteiger partial charge in [-0.15, -0.1) is 0 Å². The number of likely N-dealkylation sites (N-methyl/N-ethyl adjacent to an activating group) is 1. The molecule has 4 rings (SSSR count). The summed E-state index contributed by atoms with van der Waals surface area (Å²) in [7, 11) is 2.13. The van der Waals surface area contributed by atoms with E-state index in [2.05, 4.69) is 78.7 Å². The zero-order chi connectivity index (χ0) is 26.6. The molecule has 0 amide bonds. The molecule has 1 aliphatic heterocycles. The summed E-state index contributed by atoms with van der Waals surface area (Å²) in [5.41, 5.74) is 23.9. The van der Waals surface area contributed by atoms with E-state index in [1.54, 1.807) is 12.2 Å². The average Bonchev–Trinajstić information content (AvgIpc) is 3.16. The Morgan fingerprint density at radius 3 is 1.89 bits per heavy atom. The summed E-state index contributed by atoms with van der Waals surface area (Å²) in [6.07, 6.45) is 14.2. The Bertz CT molecular complexity index is 933. The molecule has 0 aromatic heterocycles. The largest absolute Gasteiger partial charge is 0.398 e. The van der Waals surface area contributed by atoms with E-state index in [1.165, 1.54) is 22.3 Å². The maximum absolute atomic E-state index is 6.00. The third-order valence-corrected chi connectivity index (χ3v) is 5.06. The Labute approximate surface area is 214 Å². The minimum atomic E-state index is 0.260. The standard InChI is InChI=1S/C14H20N4.C11H10.3C2H6/c1-18-7-6-10-2-3-11(8-12(10)9-18)13(15)4-5-14(16)17;1-2-6-10-8-4-5-9-11(10)7-3-1;3*1-2/h2-5,8H,6-7,9,15-17H2,1H3;2-9H,1H2;3*1-2H3/b13-4-;;;;. The Balaban J connectivity index is 0.000000581. The average molecular weight is 477 g/mol. The molecule has 0 saturated carbocycles. The number of hydrogen-bond donors (Lipinski definition) is 3. The van der Waals surface area contributed by atoms with Crippen LogP contribution < -0.4 is 17.2 Å². The van der Waals surface area contributed by atoms with Crippen molar-refractivity contribution in [3.8, 4) is 0 Å². The van der Waals surface area contributed by atoms with Crippen LogP contribution >= 0.6 is 0 Å². The van der Waals surface area contributed by atoms with E-state index in [0.717, 1.165) is 31.5 Å². The molecule has 0 saturated heterocycles. The summed E-state index contributed by atoms with van der Waals surface area (Å²) in [4.78, 5) is 2.31. The maximum atomic E-state index is 6.00. The van der Waals surface area contributed by atoms with Crippen LogP contribution in [-0.2, 0) is 13.0 Å². The first kappa shape index (κ1) is 31.8. The molecule has 0 atom stereocenters. The van der Waals surface area contributed by atoms with Gasteiger partial charge in [0.15, 0.2) is 0 Å². The van der Waals surface area contributed by atoms with Gasteiger partial charge in [-0.3, -0.25) is 0 Å². The van der Waals surface area contributed by atoms with Crippen molar-refractivity contribution in [3.63, 3.8) is 0 Å². The molecule has 0 unspecified atom stereocenters. The molecule has 35 heavy (non-hydrogen) atoms. The highest BCUT2D eigenvalue weighted by atomic mass is 15.1. The molecule has 0 radical (unpaired) electrons. The first-order valence-corrected chi connectivity index (χ1v) is 12.9.